The highest BCUT2D eigenvalue weighted by atomic mass is 32.7. The van der Waals surface area contributed by atoms with Gasteiger partial charge >= 0.3 is 6.80 Å². The molecular weight excluding hydrogens is 584 g/mol. The van der Waals surface area contributed by atoms with Crippen LogP contribution in [0.2, 0.25) is 0 Å². The first-order valence-electron chi connectivity index (χ1n) is 13.9. The molecule has 0 spiro atoms. The second-order valence-electron chi connectivity index (χ2n) is 10.3. The van der Waals surface area contributed by atoms with Gasteiger partial charge in [0.1, 0.15) is 57.5 Å². The number of ether oxygens (including phenoxy) is 4. The maximum absolute atomic E-state index is 14.3. The number of aliphatic hydroxyl groups excluding tert-OH is 2. The molecule has 3 heterocycles. The minimum atomic E-state index is -3.97. The van der Waals surface area contributed by atoms with E-state index in [2.05, 4.69) is 5.32 Å². The zero-order valence-corrected chi connectivity index (χ0v) is 26.2. The summed E-state index contributed by atoms with van der Waals surface area (Å²) >= 11 is 0.949. The summed E-state index contributed by atoms with van der Waals surface area (Å²) in [5.74, 6) is 0.513. The summed E-state index contributed by atoms with van der Waals surface area (Å²) < 4.78 is 50.8. The molecule has 228 valence electrons. The molecule has 0 aliphatic carbocycles. The van der Waals surface area contributed by atoms with Crippen molar-refractivity contribution in [2.75, 3.05) is 32.8 Å². The fourth-order valence-corrected chi connectivity index (χ4v) is 8.66. The first-order valence-corrected chi connectivity index (χ1v) is 17.0. The van der Waals surface area contributed by atoms with Gasteiger partial charge in [0.25, 0.3) is 5.91 Å². The lowest BCUT2D eigenvalue weighted by atomic mass is 9.50. The average molecular weight is 622 g/mol. The molecule has 9 atom stereocenters. The largest absolute Gasteiger partial charge is 0.394 e. The van der Waals surface area contributed by atoms with E-state index in [1.54, 1.807) is 49.8 Å². The number of aromatic nitrogens is 1. The van der Waals surface area contributed by atoms with Crippen LogP contribution in [0, 0.1) is 0 Å². The maximum Gasteiger partial charge on any atom is 0.390 e. The topological polar surface area (TPSA) is 147 Å². The summed E-state index contributed by atoms with van der Waals surface area (Å²) in [6.45, 7) is -4.54. The lowest BCUT2D eigenvalue weighted by Crippen LogP contribution is -2.39. The maximum atomic E-state index is 14.3. The van der Waals surface area contributed by atoms with E-state index in [9.17, 15) is 19.6 Å². The van der Waals surface area contributed by atoms with Gasteiger partial charge in [0.2, 0.25) is 0 Å². The van der Waals surface area contributed by atoms with Crippen molar-refractivity contribution in [2.24, 2.45) is 7.05 Å². The fourth-order valence-electron chi connectivity index (χ4n) is 5.24. The second-order valence-corrected chi connectivity index (χ2v) is 14.3. The molecular formula is C25H38B3N2O10PS. The van der Waals surface area contributed by atoms with Crippen LogP contribution in [0.3, 0.4) is 0 Å². The summed E-state index contributed by atoms with van der Waals surface area (Å²) in [6.07, 6.45) is -4.53. The van der Waals surface area contributed by atoms with Crippen molar-refractivity contribution in [3.63, 3.8) is 0 Å². The Kier molecular flexibility index (Phi) is 11.9. The molecule has 2 aliphatic rings. The van der Waals surface area contributed by atoms with Gasteiger partial charge in [-0.25, -0.2) is 4.57 Å². The highest BCUT2D eigenvalue weighted by Crippen LogP contribution is 2.63. The molecule has 2 saturated heterocycles. The predicted octanol–water partition coefficient (Wildman–Crippen LogP) is -0.529. The van der Waals surface area contributed by atoms with Gasteiger partial charge in [-0.05, 0) is 35.6 Å². The van der Waals surface area contributed by atoms with E-state index in [1.165, 1.54) is 14.2 Å². The first kappa shape index (κ1) is 33.3. The quantitative estimate of drug-likeness (QED) is 0.185. The molecule has 17 heteroatoms. The van der Waals surface area contributed by atoms with Crippen LogP contribution in [-0.2, 0) is 45.4 Å². The second kappa shape index (κ2) is 14.9. The molecule has 2 fully saturated rings. The number of nitrogens with zero attached hydrogens (tertiary/aromatic N) is 1. The van der Waals surface area contributed by atoms with Gasteiger partial charge in [0, 0.05) is 44.3 Å². The molecule has 4 rings (SSSR count). The Morgan fingerprint density at radius 1 is 1.12 bits per heavy atom. The highest BCUT2D eigenvalue weighted by Gasteiger charge is 2.49. The predicted molar refractivity (Wildman–Crippen MR) is 166 cm³/mol. The van der Waals surface area contributed by atoms with Gasteiger partial charge in [0.15, 0.2) is 0 Å². The number of rotatable bonds is 14. The van der Waals surface area contributed by atoms with Crippen LogP contribution in [-0.4, -0.2) is 120 Å². The lowest BCUT2D eigenvalue weighted by Gasteiger charge is -2.28. The van der Waals surface area contributed by atoms with Crippen LogP contribution in [0.5, 0.6) is 0 Å². The number of nitrogens with one attached hydrogen (secondary N) is 1. The zero-order valence-electron chi connectivity index (χ0n) is 24.5. The van der Waals surface area contributed by atoms with E-state index in [4.69, 9.17) is 28.0 Å². The smallest absolute Gasteiger partial charge is 0.390 e. The molecule has 3 unspecified atom stereocenters. The van der Waals surface area contributed by atoms with Crippen molar-refractivity contribution in [2.45, 2.75) is 54.4 Å². The molecule has 0 bridgehead atoms. The minimum absolute atomic E-state index is 0.201. The number of hydrogen-bond acceptors (Lipinski definition) is 11. The number of anilines is 1. The summed E-state index contributed by atoms with van der Waals surface area (Å²) in [7, 11) is 9.09. The van der Waals surface area contributed by atoms with Crippen LogP contribution in [0.15, 0.2) is 42.5 Å². The molecule has 2 aromatic rings. The third-order valence-electron chi connectivity index (χ3n) is 7.62. The molecule has 2 aliphatic heterocycles. The van der Waals surface area contributed by atoms with Crippen molar-refractivity contribution in [1.29, 1.82) is 0 Å². The molecule has 1 aromatic heterocycles. The standard InChI is InChI=1S/C25H38B3N2O10PS/c1-30-15(9-10-18(30)29-25(33)14-7-5-4-6-8-14)13-42-41(34,37-12-17-19(32)21(35-2)23(26)38-17)40-20-16(11-31)39-24(28-27)22(20)36-3/h4-10,16-17,19-24,28,31-32H,11-13,26-27H2,1-3H3,(H,29,33)/t16-,17-,19?,20?,21+,22+,23-,24-,41?/m1/s1. The molecule has 1 aromatic carbocycles. The Hall–Kier alpha value is -1.58. The zero-order chi connectivity index (χ0) is 30.4. The molecule has 0 radical (unpaired) electrons. The summed E-state index contributed by atoms with van der Waals surface area (Å²) in [6, 6.07) is 11.7. The van der Waals surface area contributed by atoms with Crippen LogP contribution in [0.25, 0.3) is 0 Å². The van der Waals surface area contributed by atoms with E-state index >= 15 is 0 Å². The molecule has 3 N–H and O–H groups in total. The number of methoxy groups -OCH3 is 2. The molecule has 1 amide bonds. The van der Waals surface area contributed by atoms with Crippen LogP contribution >= 0.6 is 18.2 Å². The molecule has 12 nitrogen and oxygen atoms in total. The number of hydrogen-bond donors (Lipinski definition) is 3. The SMILES string of the molecule is BB[C@@H]1O[C@H](CO)C(OP(=O)(OC[C@H]2O[C@@H](B)[C@@H](OC)C2O)SCc2ccc(NC(=O)c3ccccc3)n2C)[C@@H]1OC. The van der Waals surface area contributed by atoms with Crippen LogP contribution < -0.4 is 5.32 Å². The van der Waals surface area contributed by atoms with Gasteiger partial charge in [-0.1, -0.05) is 18.2 Å². The number of carbonyl (C=O) groups is 1. The van der Waals surface area contributed by atoms with Crippen molar-refractivity contribution < 1.29 is 47.6 Å². The van der Waals surface area contributed by atoms with E-state index < -0.39 is 43.4 Å². The Morgan fingerprint density at radius 2 is 1.83 bits per heavy atom. The molecule has 0 saturated carbocycles. The Labute approximate surface area is 252 Å². The third kappa shape index (κ3) is 7.55. The van der Waals surface area contributed by atoms with Gasteiger partial charge in [-0.15, -0.1) is 0 Å². The van der Waals surface area contributed by atoms with Gasteiger partial charge in [0.05, 0.1) is 27.0 Å². The average Bonchev–Trinajstić information content (AvgIpc) is 3.62. The first-order chi connectivity index (χ1) is 20.1. The van der Waals surface area contributed by atoms with E-state index in [1.807, 2.05) is 19.9 Å². The third-order valence-corrected chi connectivity index (χ3v) is 11.2. The number of amides is 1. The van der Waals surface area contributed by atoms with Crippen LogP contribution in [0.4, 0.5) is 5.82 Å². The lowest BCUT2D eigenvalue weighted by molar-refractivity contribution is -0.0242. The molecule has 42 heavy (non-hydrogen) atoms. The van der Waals surface area contributed by atoms with Crippen molar-refractivity contribution in [1.82, 2.24) is 4.57 Å². The highest BCUT2D eigenvalue weighted by molar-refractivity contribution is 8.54. The van der Waals surface area contributed by atoms with Gasteiger partial charge in [-0.3, -0.25) is 13.8 Å². The van der Waals surface area contributed by atoms with E-state index in [0.29, 0.717) is 18.6 Å². The van der Waals surface area contributed by atoms with Gasteiger partial charge < -0.3 is 39.0 Å². The van der Waals surface area contributed by atoms with E-state index in [0.717, 1.165) is 17.1 Å². The fraction of sp³-hybridized carbons (Fsp3) is 0.560. The number of carbonyl (C=O) groups excluding carboxylic acids is 1. The van der Waals surface area contributed by atoms with Crippen molar-refractivity contribution in [3.05, 3.63) is 53.7 Å². The summed E-state index contributed by atoms with van der Waals surface area (Å²) in [5.41, 5.74) is 1.27. The van der Waals surface area contributed by atoms with E-state index in [-0.39, 0.29) is 36.9 Å². The normalized spacial score (nSPS) is 30.7. The Bertz CT molecular complexity index is 1230. The number of aliphatic hydroxyl groups is 2. The van der Waals surface area contributed by atoms with Crippen molar-refractivity contribution in [3.8, 4) is 0 Å². The van der Waals surface area contributed by atoms with Gasteiger partial charge in [-0.2, -0.15) is 0 Å². The number of benzene rings is 1. The Morgan fingerprint density at radius 3 is 2.45 bits per heavy atom. The Balaban J connectivity index is 1.50. The van der Waals surface area contributed by atoms with Crippen LogP contribution in [0.1, 0.15) is 16.1 Å². The van der Waals surface area contributed by atoms with Crippen molar-refractivity contribution >= 4 is 52.7 Å². The monoisotopic (exact) mass is 622 g/mol. The summed E-state index contributed by atoms with van der Waals surface area (Å²) in [4.78, 5) is 12.7. The minimum Gasteiger partial charge on any atom is -0.394 e. The summed E-state index contributed by atoms with van der Waals surface area (Å²) in [5, 5.41) is 23.5.